The van der Waals surface area contributed by atoms with E-state index in [2.05, 4.69) is 15.0 Å². The minimum atomic E-state index is -3.77. The van der Waals surface area contributed by atoms with Crippen LogP contribution in [-0.4, -0.2) is 19.3 Å². The van der Waals surface area contributed by atoms with E-state index in [-0.39, 0.29) is 16.2 Å². The quantitative estimate of drug-likeness (QED) is 0.620. The van der Waals surface area contributed by atoms with E-state index in [0.717, 1.165) is 5.56 Å². The second-order valence-corrected chi connectivity index (χ2v) is 9.76. The van der Waals surface area contributed by atoms with Crippen LogP contribution >= 0.6 is 0 Å². The highest BCUT2D eigenvalue weighted by Crippen LogP contribution is 2.28. The minimum absolute atomic E-state index is 0.165. The molecule has 156 valence electrons. The number of nitrogens with zero attached hydrogens (tertiary/aromatic N) is 1. The van der Waals surface area contributed by atoms with Crippen LogP contribution in [0.5, 0.6) is 0 Å². The fraction of sp³-hybridized carbons (Fsp3) is 0.217. The average molecular weight is 424 g/mol. The summed E-state index contributed by atoms with van der Waals surface area (Å²) in [6.45, 7) is 7.89. The number of hydrogen-bond donors (Lipinski definition) is 2. The number of sulfonamides is 1. The molecule has 0 fully saturated rings. The third-order valence-electron chi connectivity index (χ3n) is 4.66. The molecule has 0 radical (unpaired) electrons. The summed E-state index contributed by atoms with van der Waals surface area (Å²) in [5, 5.41) is 2.74. The molecule has 1 heterocycles. The van der Waals surface area contributed by atoms with Crippen molar-refractivity contribution in [2.24, 2.45) is 0 Å². The Morgan fingerprint density at radius 2 is 1.67 bits per heavy atom. The molecular weight excluding hydrogens is 398 g/mol. The van der Waals surface area contributed by atoms with Crippen LogP contribution in [0.15, 0.2) is 71.9 Å². The monoisotopic (exact) mass is 423 g/mol. The number of aromatic nitrogens is 1. The first-order valence-corrected chi connectivity index (χ1v) is 11.0. The van der Waals surface area contributed by atoms with Gasteiger partial charge in [-0.25, -0.2) is 8.42 Å². The molecule has 2 aromatic carbocycles. The maximum absolute atomic E-state index is 13.0. The lowest BCUT2D eigenvalue weighted by molar-refractivity contribution is 0.102. The Bertz CT molecular complexity index is 1150. The Morgan fingerprint density at radius 1 is 0.967 bits per heavy atom. The van der Waals surface area contributed by atoms with Gasteiger partial charge < -0.3 is 5.32 Å². The highest BCUT2D eigenvalue weighted by molar-refractivity contribution is 7.92. The Balaban J connectivity index is 1.79. The van der Waals surface area contributed by atoms with Gasteiger partial charge in [-0.1, -0.05) is 32.9 Å². The van der Waals surface area contributed by atoms with E-state index in [1.807, 2.05) is 32.9 Å². The van der Waals surface area contributed by atoms with Gasteiger partial charge in [-0.05, 0) is 65.9 Å². The molecule has 1 amide bonds. The van der Waals surface area contributed by atoms with Gasteiger partial charge in [-0.2, -0.15) is 0 Å². The zero-order chi connectivity index (χ0) is 21.9. The van der Waals surface area contributed by atoms with E-state index in [0.29, 0.717) is 22.5 Å². The maximum Gasteiger partial charge on any atom is 0.262 e. The Hall–Kier alpha value is -3.19. The molecule has 0 aliphatic rings. The van der Waals surface area contributed by atoms with Gasteiger partial charge in [0.2, 0.25) is 0 Å². The maximum atomic E-state index is 13.0. The van der Waals surface area contributed by atoms with Crippen molar-refractivity contribution in [3.05, 3.63) is 83.7 Å². The lowest BCUT2D eigenvalue weighted by atomic mass is 9.87. The van der Waals surface area contributed by atoms with Crippen molar-refractivity contribution in [2.75, 3.05) is 10.0 Å². The second kappa shape index (κ2) is 8.28. The summed E-state index contributed by atoms with van der Waals surface area (Å²) in [6, 6.07) is 15.2. The van der Waals surface area contributed by atoms with Gasteiger partial charge in [0, 0.05) is 17.4 Å². The molecular formula is C23H25N3O3S. The van der Waals surface area contributed by atoms with Gasteiger partial charge in [0.05, 0.1) is 16.8 Å². The number of rotatable bonds is 5. The fourth-order valence-corrected chi connectivity index (χ4v) is 4.23. The summed E-state index contributed by atoms with van der Waals surface area (Å²) in [4.78, 5) is 16.5. The van der Waals surface area contributed by atoms with E-state index in [9.17, 15) is 13.2 Å². The van der Waals surface area contributed by atoms with Crippen molar-refractivity contribution < 1.29 is 13.2 Å². The third kappa shape index (κ3) is 5.04. The van der Waals surface area contributed by atoms with Gasteiger partial charge in [0.25, 0.3) is 15.9 Å². The van der Waals surface area contributed by atoms with Crippen LogP contribution in [0.4, 0.5) is 11.4 Å². The van der Waals surface area contributed by atoms with Crippen molar-refractivity contribution >= 4 is 27.3 Å². The lowest BCUT2D eigenvalue weighted by Gasteiger charge is -2.21. The highest BCUT2D eigenvalue weighted by atomic mass is 32.2. The van der Waals surface area contributed by atoms with Crippen LogP contribution < -0.4 is 10.0 Å². The normalized spacial score (nSPS) is 11.7. The van der Waals surface area contributed by atoms with Gasteiger partial charge >= 0.3 is 0 Å². The number of carbonyl (C=O) groups is 1. The standard InChI is InChI=1S/C23H25N3O3S/c1-16-7-10-18(23(2,3)4)14-21(16)30(28,29)26-19-11-8-17(9-12-19)22(27)25-20-6-5-13-24-15-20/h5-15,26H,1-4H3,(H,25,27). The Kier molecular flexibility index (Phi) is 5.94. The summed E-state index contributed by atoms with van der Waals surface area (Å²) in [5.74, 6) is -0.300. The molecule has 0 atom stereocenters. The van der Waals surface area contributed by atoms with E-state index in [1.54, 1.807) is 61.8 Å². The van der Waals surface area contributed by atoms with Gasteiger partial charge in [0.1, 0.15) is 0 Å². The van der Waals surface area contributed by atoms with E-state index >= 15 is 0 Å². The number of pyridine rings is 1. The number of hydrogen-bond acceptors (Lipinski definition) is 4. The summed E-state index contributed by atoms with van der Waals surface area (Å²) in [6.07, 6.45) is 3.17. The molecule has 0 unspecified atom stereocenters. The van der Waals surface area contributed by atoms with E-state index in [4.69, 9.17) is 0 Å². The number of anilines is 2. The average Bonchev–Trinajstić information content (AvgIpc) is 2.68. The molecule has 3 rings (SSSR count). The molecule has 1 aromatic heterocycles. The van der Waals surface area contributed by atoms with Crippen LogP contribution in [-0.2, 0) is 15.4 Å². The molecule has 0 aliphatic heterocycles. The first kappa shape index (κ1) is 21.5. The van der Waals surface area contributed by atoms with Gasteiger partial charge in [-0.3, -0.25) is 14.5 Å². The predicted molar refractivity (Wildman–Crippen MR) is 119 cm³/mol. The molecule has 3 aromatic rings. The zero-order valence-corrected chi connectivity index (χ0v) is 18.2. The SMILES string of the molecule is Cc1ccc(C(C)(C)C)cc1S(=O)(=O)Nc1ccc(C(=O)Nc2cccnc2)cc1. The summed E-state index contributed by atoms with van der Waals surface area (Å²) < 4.78 is 28.5. The topological polar surface area (TPSA) is 88.2 Å². The molecule has 6 nitrogen and oxygen atoms in total. The summed E-state index contributed by atoms with van der Waals surface area (Å²) in [7, 11) is -3.77. The number of benzene rings is 2. The van der Waals surface area contributed by atoms with Crippen LogP contribution in [0.25, 0.3) is 0 Å². The number of carbonyl (C=O) groups excluding carboxylic acids is 1. The molecule has 2 N–H and O–H groups in total. The van der Waals surface area contributed by atoms with Gasteiger partial charge in [-0.15, -0.1) is 0 Å². The van der Waals surface area contributed by atoms with Crippen LogP contribution in [0.1, 0.15) is 42.3 Å². The van der Waals surface area contributed by atoms with Crippen molar-refractivity contribution in [3.63, 3.8) is 0 Å². The van der Waals surface area contributed by atoms with Gasteiger partial charge in [0.15, 0.2) is 0 Å². The zero-order valence-electron chi connectivity index (χ0n) is 17.4. The number of nitrogens with one attached hydrogen (secondary N) is 2. The Morgan fingerprint density at radius 3 is 2.27 bits per heavy atom. The van der Waals surface area contributed by atoms with Crippen molar-refractivity contribution in [1.29, 1.82) is 0 Å². The molecule has 30 heavy (non-hydrogen) atoms. The summed E-state index contributed by atoms with van der Waals surface area (Å²) >= 11 is 0. The van der Waals surface area contributed by atoms with Crippen LogP contribution in [0, 0.1) is 6.92 Å². The smallest absolute Gasteiger partial charge is 0.262 e. The van der Waals surface area contributed by atoms with E-state index < -0.39 is 10.0 Å². The minimum Gasteiger partial charge on any atom is -0.321 e. The third-order valence-corrected chi connectivity index (χ3v) is 6.19. The van der Waals surface area contributed by atoms with Crippen molar-refractivity contribution in [3.8, 4) is 0 Å². The summed E-state index contributed by atoms with van der Waals surface area (Å²) in [5.41, 5.74) is 2.82. The second-order valence-electron chi connectivity index (χ2n) is 8.11. The largest absolute Gasteiger partial charge is 0.321 e. The van der Waals surface area contributed by atoms with Crippen molar-refractivity contribution in [1.82, 2.24) is 4.98 Å². The molecule has 0 saturated heterocycles. The molecule has 0 saturated carbocycles. The number of aryl methyl sites for hydroxylation is 1. The first-order chi connectivity index (χ1) is 14.1. The molecule has 0 aliphatic carbocycles. The lowest BCUT2D eigenvalue weighted by Crippen LogP contribution is -2.17. The van der Waals surface area contributed by atoms with Crippen LogP contribution in [0.2, 0.25) is 0 Å². The fourth-order valence-electron chi connectivity index (χ4n) is 2.90. The van der Waals surface area contributed by atoms with Crippen LogP contribution in [0.3, 0.4) is 0 Å². The predicted octanol–water partition coefficient (Wildman–Crippen LogP) is 4.74. The Labute approximate surface area is 177 Å². The number of amides is 1. The first-order valence-electron chi connectivity index (χ1n) is 9.52. The molecule has 0 bridgehead atoms. The van der Waals surface area contributed by atoms with Crippen molar-refractivity contribution in [2.45, 2.75) is 38.0 Å². The molecule has 7 heteroatoms. The van der Waals surface area contributed by atoms with E-state index in [1.165, 1.54) is 0 Å². The highest BCUT2D eigenvalue weighted by Gasteiger charge is 2.21. The molecule has 0 spiro atoms.